The molecule has 2 saturated carbocycles. The lowest BCUT2D eigenvalue weighted by molar-refractivity contribution is -0.274. The first-order valence-corrected chi connectivity index (χ1v) is 37.2. The number of methoxy groups -OCH3 is 1. The van der Waals surface area contributed by atoms with Crippen LogP contribution in [-0.2, 0) is 14.3 Å². The smallest absolute Gasteiger partial charge is 0.468 e. The van der Waals surface area contributed by atoms with Crippen LogP contribution >= 0.6 is 0 Å². The number of carbonyl (C=O) groups excluding carboxylic acids is 4. The molecule has 25 heteroatoms. The molecular weight excluding hydrogens is 1280 g/mol. The minimum absolute atomic E-state index is 0.00799. The molecule has 5 aliphatic heterocycles. The number of fused-ring (bicyclic) bond motifs is 4. The fourth-order valence-electron chi connectivity index (χ4n) is 16.7. The molecule has 5 saturated heterocycles. The van der Waals surface area contributed by atoms with E-state index in [1.807, 2.05) is 25.7 Å². The van der Waals surface area contributed by atoms with Crippen LogP contribution in [0.4, 0.5) is 43.0 Å². The topological polar surface area (TPSA) is 185 Å². The number of amides is 5. The number of nitrogens with zero attached hydrogens (tertiary/aromatic N) is 9. The van der Waals surface area contributed by atoms with Gasteiger partial charge < -0.3 is 43.3 Å². The molecule has 2 bridgehead atoms. The van der Waals surface area contributed by atoms with E-state index < -0.39 is 49.4 Å². The van der Waals surface area contributed by atoms with Gasteiger partial charge in [-0.05, 0) is 155 Å². The molecule has 528 valence electrons. The van der Waals surface area contributed by atoms with Gasteiger partial charge >= 0.3 is 24.5 Å². The summed E-state index contributed by atoms with van der Waals surface area (Å²) in [6.45, 7) is 26.3. The second-order valence-corrected chi connectivity index (χ2v) is 36.0. The Bertz CT molecular complexity index is 3870. The van der Waals surface area contributed by atoms with Crippen molar-refractivity contribution in [1.29, 1.82) is 0 Å². The summed E-state index contributed by atoms with van der Waals surface area (Å²) in [6.07, 6.45) is 5.44. The Hall–Kier alpha value is -7.40. The zero-order valence-corrected chi connectivity index (χ0v) is 59.1. The standard InChI is InChI=1S/C73H93F5N10O9Si/c1-45(2)98(46(3)4,47(5)6)34-20-54-57(74)15-11-49-35-53(95-44-93-10)37-55(61(49)54)63-62(75)64-56(38-79-63)65(86-40-51-13-14-52(41-86)88(51)69(92)97-70(7,8)9)82-67(81-64)94-43-72(23-24-72)42-84-32-30-83(31-33-84)39-48-17-21-71(22-18-48)25-28-85(29-26-71)66(90)50-12-16-59(96-73(76,77)78)58(36-50)87-27-19-60(89)80-68(87)91/h11-12,15-16,35-38,45-48,51-52H,13-14,17-19,21-33,39-44H2,1-10H3,(H,80,89,91). The second-order valence-electron chi connectivity index (χ2n) is 30.5. The first-order valence-electron chi connectivity index (χ1n) is 35.0. The monoisotopic (exact) mass is 1380 g/mol. The van der Waals surface area contributed by atoms with Crippen LogP contribution in [0.25, 0.3) is 32.9 Å². The summed E-state index contributed by atoms with van der Waals surface area (Å²) in [6, 6.07) is 8.85. The van der Waals surface area contributed by atoms with E-state index in [4.69, 9.17) is 33.9 Å². The first-order chi connectivity index (χ1) is 46.5. The van der Waals surface area contributed by atoms with E-state index in [1.165, 1.54) is 25.3 Å². The number of anilines is 2. The molecule has 1 N–H and O–H groups in total. The van der Waals surface area contributed by atoms with Gasteiger partial charge in [-0.3, -0.25) is 29.7 Å². The maximum Gasteiger partial charge on any atom is 0.573 e. The van der Waals surface area contributed by atoms with Gasteiger partial charge in [0, 0.05) is 114 Å². The number of hydrogen-bond acceptors (Lipinski definition) is 15. The highest BCUT2D eigenvalue weighted by molar-refractivity contribution is 6.90. The molecular formula is C73H93F5N10O9Si. The summed E-state index contributed by atoms with van der Waals surface area (Å²) < 4.78 is 103. The Kier molecular flexibility index (Phi) is 20.1. The quantitative estimate of drug-likeness (QED) is 0.0378. The molecule has 1 spiro atoms. The lowest BCUT2D eigenvalue weighted by Crippen LogP contribution is -2.57. The fraction of sp³-hybridized carbons (Fsp3) is 0.603. The Morgan fingerprint density at radius 2 is 1.47 bits per heavy atom. The molecule has 98 heavy (non-hydrogen) atoms. The van der Waals surface area contributed by atoms with Gasteiger partial charge in [0.15, 0.2) is 18.4 Å². The van der Waals surface area contributed by atoms with E-state index >= 15 is 8.78 Å². The van der Waals surface area contributed by atoms with Gasteiger partial charge in [0.2, 0.25) is 5.91 Å². The molecule has 5 aromatic rings. The summed E-state index contributed by atoms with van der Waals surface area (Å²) in [5, 5.41) is 3.49. The average Bonchev–Trinajstić information content (AvgIpc) is 0.982. The van der Waals surface area contributed by atoms with Gasteiger partial charge in [-0.2, -0.15) is 9.97 Å². The predicted molar refractivity (Wildman–Crippen MR) is 366 cm³/mol. The SMILES string of the molecule is COCOc1cc(-c2ncc3c(N4CC5CCC(C4)N5C(=O)OC(C)(C)C)nc(OCC4(CN5CCN(CC6CCC7(CC6)CCN(C(=O)c6ccc(OC(F)(F)F)c(N8CCC(=O)NC8=O)c6)CC7)CC5)CC4)nc3c2F)c2c(C#C[Si](C(C)C)(C(C)C)C(C)C)c(F)ccc2c1. The number of piperazine rings is 2. The normalized spacial score (nSPS) is 21.0. The fourth-order valence-corrected chi connectivity index (χ4v) is 21.9. The summed E-state index contributed by atoms with van der Waals surface area (Å²) in [7, 11) is -0.863. The molecule has 5 amide bonds. The Labute approximate surface area is 571 Å². The van der Waals surface area contributed by atoms with E-state index in [2.05, 4.69) is 77.8 Å². The number of nitrogens with one attached hydrogen (secondary N) is 1. The van der Waals surface area contributed by atoms with E-state index in [9.17, 15) is 32.3 Å². The molecule has 2 unspecified atom stereocenters. The number of benzene rings is 3. The Balaban J connectivity index is 0.727. The molecule has 2 aliphatic carbocycles. The molecule has 2 atom stereocenters. The molecule has 7 fully saturated rings. The van der Waals surface area contributed by atoms with Crippen molar-refractivity contribution in [1.82, 2.24) is 39.9 Å². The van der Waals surface area contributed by atoms with Crippen LogP contribution in [0.2, 0.25) is 16.6 Å². The third kappa shape index (κ3) is 14.9. The third-order valence-corrected chi connectivity index (χ3v) is 28.3. The summed E-state index contributed by atoms with van der Waals surface area (Å²) in [5.74, 6) is 1.95. The van der Waals surface area contributed by atoms with Crippen molar-refractivity contribution in [2.75, 3.05) is 102 Å². The number of piperidine rings is 1. The molecule has 0 radical (unpaired) electrons. The molecule has 19 nitrogen and oxygen atoms in total. The van der Waals surface area contributed by atoms with E-state index in [1.54, 1.807) is 29.3 Å². The van der Waals surface area contributed by atoms with Crippen LogP contribution in [0.1, 0.15) is 149 Å². The van der Waals surface area contributed by atoms with Gasteiger partial charge in [0.25, 0.3) is 5.91 Å². The zero-order valence-electron chi connectivity index (χ0n) is 58.1. The maximum absolute atomic E-state index is 18.3. The highest BCUT2D eigenvalue weighted by atomic mass is 28.3. The predicted octanol–water partition coefficient (Wildman–Crippen LogP) is 13.5. The molecule has 7 aliphatic rings. The van der Waals surface area contributed by atoms with Crippen LogP contribution in [0.5, 0.6) is 17.5 Å². The Morgan fingerprint density at radius 3 is 2.09 bits per heavy atom. The number of hydrogen-bond donors (Lipinski definition) is 1. The summed E-state index contributed by atoms with van der Waals surface area (Å²) in [5.41, 5.74) is 4.08. The van der Waals surface area contributed by atoms with Gasteiger partial charge in [-0.15, -0.1) is 18.7 Å². The maximum atomic E-state index is 18.3. The van der Waals surface area contributed by atoms with Crippen molar-refractivity contribution in [3.05, 3.63) is 71.4 Å². The Morgan fingerprint density at radius 1 is 0.796 bits per heavy atom. The van der Waals surface area contributed by atoms with E-state index in [0.717, 1.165) is 114 Å². The molecule has 2 aromatic heterocycles. The van der Waals surface area contributed by atoms with Gasteiger partial charge in [0.1, 0.15) is 42.3 Å². The largest absolute Gasteiger partial charge is 0.573 e. The van der Waals surface area contributed by atoms with Crippen LogP contribution in [0, 0.1) is 39.8 Å². The van der Waals surface area contributed by atoms with E-state index in [-0.39, 0.29) is 111 Å². The average molecular weight is 1380 g/mol. The molecule has 12 rings (SSSR count). The number of carbonyl (C=O) groups is 4. The minimum atomic E-state index is -5.04. The molecule has 7 heterocycles. The zero-order chi connectivity index (χ0) is 69.8. The number of likely N-dealkylation sites (tertiary alicyclic amines) is 1. The number of pyridine rings is 1. The van der Waals surface area contributed by atoms with Crippen molar-refractivity contribution >= 4 is 65.2 Å². The van der Waals surface area contributed by atoms with Crippen LogP contribution in [-0.4, -0.2) is 183 Å². The highest BCUT2D eigenvalue weighted by Crippen LogP contribution is 2.50. The van der Waals surface area contributed by atoms with Gasteiger partial charge in [-0.1, -0.05) is 53.5 Å². The third-order valence-electron chi connectivity index (χ3n) is 22.0. The van der Waals surface area contributed by atoms with Crippen molar-refractivity contribution in [2.24, 2.45) is 16.7 Å². The van der Waals surface area contributed by atoms with Gasteiger partial charge in [0.05, 0.1) is 35.3 Å². The lowest BCUT2D eigenvalue weighted by atomic mass is 9.65. The van der Waals surface area contributed by atoms with E-state index in [0.29, 0.717) is 66.4 Å². The summed E-state index contributed by atoms with van der Waals surface area (Å²) in [4.78, 5) is 78.8. The van der Waals surface area contributed by atoms with Crippen molar-refractivity contribution < 1.29 is 64.8 Å². The number of ether oxygens (including phenoxy) is 5. The van der Waals surface area contributed by atoms with Crippen molar-refractivity contribution in [3.8, 4) is 40.2 Å². The van der Waals surface area contributed by atoms with Crippen LogP contribution in [0.3, 0.4) is 0 Å². The number of imide groups is 1. The van der Waals surface area contributed by atoms with Gasteiger partial charge in [-0.25, -0.2) is 18.4 Å². The molecule has 3 aromatic carbocycles. The number of halogens is 5. The number of alkyl halides is 3. The number of rotatable bonds is 18. The summed E-state index contributed by atoms with van der Waals surface area (Å²) >= 11 is 0. The second kappa shape index (κ2) is 28.0. The van der Waals surface area contributed by atoms with Crippen LogP contribution < -0.4 is 29.3 Å². The lowest BCUT2D eigenvalue weighted by Gasteiger charge is -2.47. The van der Waals surface area contributed by atoms with Crippen LogP contribution in [0.15, 0.2) is 48.7 Å². The number of aromatic nitrogens is 3. The van der Waals surface area contributed by atoms with Crippen molar-refractivity contribution in [2.45, 2.75) is 174 Å². The minimum Gasteiger partial charge on any atom is -0.468 e. The first kappa shape index (κ1) is 70.5. The van der Waals surface area contributed by atoms with Crippen molar-refractivity contribution in [3.63, 3.8) is 0 Å². The highest BCUT2D eigenvalue weighted by Gasteiger charge is 2.49. The number of urea groups is 1.